The van der Waals surface area contributed by atoms with Gasteiger partial charge in [-0.25, -0.2) is 0 Å². The number of nitrogens with zero attached hydrogens (tertiary/aromatic N) is 2. The molecule has 0 radical (unpaired) electrons. The van der Waals surface area contributed by atoms with Crippen molar-refractivity contribution in [3.8, 4) is 0 Å². The highest BCUT2D eigenvalue weighted by Gasteiger charge is 2.14. The third-order valence-electron chi connectivity index (χ3n) is 3.67. The van der Waals surface area contributed by atoms with Gasteiger partial charge in [0.25, 0.3) is 0 Å². The highest BCUT2D eigenvalue weighted by atomic mass is 32.1. The van der Waals surface area contributed by atoms with Crippen LogP contribution in [0.4, 0.5) is 0 Å². The highest BCUT2D eigenvalue weighted by Crippen LogP contribution is 2.23. The molecule has 0 fully saturated rings. The van der Waals surface area contributed by atoms with Gasteiger partial charge in [-0.2, -0.15) is 0 Å². The van der Waals surface area contributed by atoms with Crippen molar-refractivity contribution in [2.75, 3.05) is 0 Å². The lowest BCUT2D eigenvalue weighted by Crippen LogP contribution is -2.11. The Morgan fingerprint density at radius 3 is 2.86 bits per heavy atom. The van der Waals surface area contributed by atoms with Crippen molar-refractivity contribution < 1.29 is 9.53 Å². The largest absolute Gasteiger partial charge is 0.460 e. The van der Waals surface area contributed by atoms with E-state index in [0.717, 1.165) is 32.6 Å². The van der Waals surface area contributed by atoms with E-state index in [1.54, 1.807) is 11.7 Å². The molecule has 4 nitrogen and oxygen atoms in total. The van der Waals surface area contributed by atoms with Gasteiger partial charge < -0.3 is 4.74 Å². The maximum atomic E-state index is 12.1. The summed E-state index contributed by atoms with van der Waals surface area (Å²) in [6.45, 7) is 4.25. The molecule has 0 spiro atoms. The van der Waals surface area contributed by atoms with Crippen molar-refractivity contribution in [1.82, 2.24) is 9.97 Å². The molecule has 2 aromatic heterocycles. The van der Waals surface area contributed by atoms with E-state index in [1.807, 2.05) is 38.1 Å². The molecule has 22 heavy (non-hydrogen) atoms. The predicted octanol–water partition coefficient (Wildman–Crippen LogP) is 3.59. The van der Waals surface area contributed by atoms with Crippen LogP contribution in [0.25, 0.3) is 10.9 Å². The summed E-state index contributed by atoms with van der Waals surface area (Å²) in [6, 6.07) is 7.97. The van der Waals surface area contributed by atoms with Gasteiger partial charge in [0.15, 0.2) is 0 Å². The quantitative estimate of drug-likeness (QED) is 0.691. The van der Waals surface area contributed by atoms with Gasteiger partial charge in [0.2, 0.25) is 0 Å². The number of ether oxygens (including phenoxy) is 1. The van der Waals surface area contributed by atoms with E-state index >= 15 is 0 Å². The van der Waals surface area contributed by atoms with Crippen molar-refractivity contribution in [1.29, 1.82) is 0 Å². The van der Waals surface area contributed by atoms with E-state index in [0.29, 0.717) is 0 Å². The standard InChI is InChI=1S/C17H16N2O2S/c1-11-14-5-3-4-6-16(14)19-12(2)15(11)7-17(20)21-9-13-8-18-10-22-13/h3-6,8,10H,7,9H2,1-2H3. The minimum atomic E-state index is -0.239. The molecule has 2 heterocycles. The second kappa shape index (κ2) is 6.23. The molecule has 0 aliphatic carbocycles. The van der Waals surface area contributed by atoms with E-state index < -0.39 is 0 Å². The Labute approximate surface area is 132 Å². The Bertz CT molecular complexity index is 813. The van der Waals surface area contributed by atoms with Crippen LogP contribution in [0.1, 0.15) is 21.7 Å². The molecule has 5 heteroatoms. The molecule has 0 saturated carbocycles. The Balaban J connectivity index is 1.79. The molecule has 3 aromatic rings. The lowest BCUT2D eigenvalue weighted by molar-refractivity contribution is -0.144. The highest BCUT2D eigenvalue weighted by molar-refractivity contribution is 7.09. The minimum Gasteiger partial charge on any atom is -0.460 e. The van der Waals surface area contributed by atoms with E-state index in [-0.39, 0.29) is 19.0 Å². The average Bonchev–Trinajstić information content (AvgIpc) is 3.03. The van der Waals surface area contributed by atoms with Gasteiger partial charge in [-0.15, -0.1) is 11.3 Å². The molecule has 0 bridgehead atoms. The molecule has 0 N–H and O–H groups in total. The normalized spacial score (nSPS) is 10.8. The van der Waals surface area contributed by atoms with Crippen LogP contribution in [0, 0.1) is 13.8 Å². The minimum absolute atomic E-state index is 0.239. The number of carbonyl (C=O) groups excluding carboxylic acids is 1. The van der Waals surface area contributed by atoms with Crippen molar-refractivity contribution >= 4 is 28.2 Å². The first-order chi connectivity index (χ1) is 10.6. The number of esters is 1. The number of hydrogen-bond acceptors (Lipinski definition) is 5. The molecule has 0 saturated heterocycles. The van der Waals surface area contributed by atoms with Gasteiger partial charge in [-0.3, -0.25) is 14.8 Å². The van der Waals surface area contributed by atoms with Gasteiger partial charge in [0.1, 0.15) is 6.61 Å². The monoisotopic (exact) mass is 312 g/mol. The molecular weight excluding hydrogens is 296 g/mol. The number of carbonyl (C=O) groups is 1. The number of para-hydroxylation sites is 1. The lowest BCUT2D eigenvalue weighted by Gasteiger charge is -2.12. The van der Waals surface area contributed by atoms with Crippen LogP contribution in [-0.4, -0.2) is 15.9 Å². The Hall–Kier alpha value is -2.27. The topological polar surface area (TPSA) is 52.1 Å². The first-order valence-electron chi connectivity index (χ1n) is 7.03. The molecule has 112 valence electrons. The summed E-state index contributed by atoms with van der Waals surface area (Å²) in [5.74, 6) is -0.239. The third-order valence-corrected chi connectivity index (χ3v) is 4.42. The second-order valence-electron chi connectivity index (χ2n) is 5.12. The first kappa shape index (κ1) is 14.7. The average molecular weight is 312 g/mol. The zero-order valence-electron chi connectivity index (χ0n) is 12.5. The number of rotatable bonds is 4. The van der Waals surface area contributed by atoms with Crippen LogP contribution in [0.3, 0.4) is 0 Å². The van der Waals surface area contributed by atoms with Gasteiger partial charge in [-0.1, -0.05) is 18.2 Å². The number of thiazole rings is 1. The molecule has 0 atom stereocenters. The maximum absolute atomic E-state index is 12.1. The van der Waals surface area contributed by atoms with Crippen molar-refractivity contribution in [2.24, 2.45) is 0 Å². The second-order valence-corrected chi connectivity index (χ2v) is 6.09. The third kappa shape index (κ3) is 2.99. The number of benzene rings is 1. The first-order valence-corrected chi connectivity index (χ1v) is 7.91. The lowest BCUT2D eigenvalue weighted by atomic mass is 10.00. The summed E-state index contributed by atoms with van der Waals surface area (Å²) in [5.41, 5.74) is 5.61. The van der Waals surface area contributed by atoms with Crippen LogP contribution in [0.5, 0.6) is 0 Å². The molecule has 3 rings (SSSR count). The molecule has 0 aliphatic rings. The van der Waals surface area contributed by atoms with Gasteiger partial charge in [-0.05, 0) is 31.0 Å². The van der Waals surface area contributed by atoms with Crippen LogP contribution in [0.2, 0.25) is 0 Å². The number of aryl methyl sites for hydroxylation is 2. The number of hydrogen-bond donors (Lipinski definition) is 0. The Kier molecular flexibility index (Phi) is 4.15. The van der Waals surface area contributed by atoms with Crippen molar-refractivity contribution in [2.45, 2.75) is 26.9 Å². The van der Waals surface area contributed by atoms with Crippen LogP contribution in [-0.2, 0) is 22.6 Å². The Morgan fingerprint density at radius 1 is 1.27 bits per heavy atom. The number of pyridine rings is 1. The van der Waals surface area contributed by atoms with Crippen molar-refractivity contribution in [3.63, 3.8) is 0 Å². The Morgan fingerprint density at radius 2 is 2.09 bits per heavy atom. The summed E-state index contributed by atoms with van der Waals surface area (Å²) in [5, 5.41) is 1.08. The molecule has 0 amide bonds. The summed E-state index contributed by atoms with van der Waals surface area (Å²) in [4.78, 5) is 21.6. The van der Waals surface area contributed by atoms with E-state index in [2.05, 4.69) is 9.97 Å². The van der Waals surface area contributed by atoms with E-state index in [9.17, 15) is 4.79 Å². The van der Waals surface area contributed by atoms with Crippen LogP contribution >= 0.6 is 11.3 Å². The van der Waals surface area contributed by atoms with E-state index in [4.69, 9.17) is 4.74 Å². The van der Waals surface area contributed by atoms with E-state index in [1.165, 1.54) is 11.3 Å². The summed E-state index contributed by atoms with van der Waals surface area (Å²) in [6.07, 6.45) is 1.96. The van der Waals surface area contributed by atoms with Gasteiger partial charge in [0, 0.05) is 17.3 Å². The fourth-order valence-electron chi connectivity index (χ4n) is 2.49. The number of fused-ring (bicyclic) bond motifs is 1. The molecule has 0 unspecified atom stereocenters. The number of aromatic nitrogens is 2. The zero-order valence-corrected chi connectivity index (χ0v) is 13.3. The fraction of sp³-hybridized carbons (Fsp3) is 0.235. The molecular formula is C17H16N2O2S. The fourth-order valence-corrected chi connectivity index (χ4v) is 3.00. The van der Waals surface area contributed by atoms with Crippen molar-refractivity contribution in [3.05, 3.63) is 57.7 Å². The summed E-state index contributed by atoms with van der Waals surface area (Å²) >= 11 is 1.48. The maximum Gasteiger partial charge on any atom is 0.310 e. The molecule has 0 aliphatic heterocycles. The predicted molar refractivity (Wildman–Crippen MR) is 86.8 cm³/mol. The summed E-state index contributed by atoms with van der Waals surface area (Å²) < 4.78 is 5.32. The summed E-state index contributed by atoms with van der Waals surface area (Å²) in [7, 11) is 0. The SMILES string of the molecule is Cc1nc2ccccc2c(C)c1CC(=O)OCc1cncs1. The smallest absolute Gasteiger partial charge is 0.310 e. The van der Waals surface area contributed by atoms with Crippen LogP contribution in [0.15, 0.2) is 36.0 Å². The molecule has 1 aromatic carbocycles. The zero-order chi connectivity index (χ0) is 15.5. The van der Waals surface area contributed by atoms with Gasteiger partial charge in [0.05, 0.1) is 22.3 Å². The van der Waals surface area contributed by atoms with Gasteiger partial charge >= 0.3 is 5.97 Å². The van der Waals surface area contributed by atoms with Crippen LogP contribution < -0.4 is 0 Å².